The lowest BCUT2D eigenvalue weighted by Gasteiger charge is -2.34. The van der Waals surface area contributed by atoms with Crippen LogP contribution in [0.2, 0.25) is 0 Å². The fourth-order valence-electron chi connectivity index (χ4n) is 4.26. The van der Waals surface area contributed by atoms with Crippen LogP contribution >= 0.6 is 0 Å². The Labute approximate surface area is 129 Å². The summed E-state index contributed by atoms with van der Waals surface area (Å²) in [6, 6.07) is 18.4. The molecule has 5 rings (SSSR count). The molecule has 2 heteroatoms. The predicted octanol–water partition coefficient (Wildman–Crippen LogP) is 3.53. The molecule has 2 aromatic carbocycles. The zero-order valence-corrected chi connectivity index (χ0v) is 12.3. The van der Waals surface area contributed by atoms with Crippen molar-refractivity contribution < 1.29 is 9.84 Å². The summed E-state index contributed by atoms with van der Waals surface area (Å²) in [7, 11) is 0. The molecule has 0 saturated heterocycles. The van der Waals surface area contributed by atoms with Gasteiger partial charge in [-0.1, -0.05) is 60.7 Å². The highest BCUT2D eigenvalue weighted by Crippen LogP contribution is 2.63. The van der Waals surface area contributed by atoms with Gasteiger partial charge < -0.3 is 9.84 Å². The molecule has 2 nitrogen and oxygen atoms in total. The SMILES string of the molecule is C[C@]1(O)c2ccccc2C2=C(c3ccccc3)[C@@H]3C=C[C@@]21O3. The number of fused-ring (bicyclic) bond motifs is 3. The molecule has 0 amide bonds. The summed E-state index contributed by atoms with van der Waals surface area (Å²) in [5.41, 5.74) is 3.76. The van der Waals surface area contributed by atoms with Crippen molar-refractivity contribution in [3.63, 3.8) is 0 Å². The van der Waals surface area contributed by atoms with Crippen molar-refractivity contribution in [3.05, 3.63) is 83.4 Å². The Bertz CT molecular complexity index is 845. The highest BCUT2D eigenvalue weighted by Gasteiger charge is 2.64. The van der Waals surface area contributed by atoms with Gasteiger partial charge in [-0.3, -0.25) is 0 Å². The smallest absolute Gasteiger partial charge is 0.146 e. The number of rotatable bonds is 1. The van der Waals surface area contributed by atoms with Gasteiger partial charge in [0.1, 0.15) is 17.3 Å². The van der Waals surface area contributed by atoms with Gasteiger partial charge in [0.05, 0.1) is 0 Å². The van der Waals surface area contributed by atoms with Gasteiger partial charge in [0.2, 0.25) is 0 Å². The third-order valence-electron chi connectivity index (χ3n) is 5.27. The van der Waals surface area contributed by atoms with Gasteiger partial charge in [-0.05, 0) is 35.3 Å². The molecule has 1 aliphatic carbocycles. The number of hydrogen-bond acceptors (Lipinski definition) is 2. The first kappa shape index (κ1) is 12.4. The molecular formula is C20H16O2. The van der Waals surface area contributed by atoms with Crippen LogP contribution in [0.5, 0.6) is 0 Å². The fraction of sp³-hybridized carbons (Fsp3) is 0.200. The summed E-state index contributed by atoms with van der Waals surface area (Å²) in [6.07, 6.45) is 4.04. The number of aliphatic hydroxyl groups is 1. The summed E-state index contributed by atoms with van der Waals surface area (Å²) < 4.78 is 6.31. The molecule has 108 valence electrons. The molecule has 0 aromatic heterocycles. The maximum Gasteiger partial charge on any atom is 0.146 e. The van der Waals surface area contributed by atoms with E-state index in [9.17, 15) is 5.11 Å². The Hall–Kier alpha value is -2.16. The number of hydrogen-bond donors (Lipinski definition) is 1. The Kier molecular flexibility index (Phi) is 2.13. The first-order valence-electron chi connectivity index (χ1n) is 7.65. The largest absolute Gasteiger partial charge is 0.382 e. The van der Waals surface area contributed by atoms with Crippen molar-refractivity contribution in [1.82, 2.24) is 0 Å². The number of benzene rings is 2. The second kappa shape index (κ2) is 3.78. The van der Waals surface area contributed by atoms with E-state index in [-0.39, 0.29) is 6.10 Å². The van der Waals surface area contributed by atoms with Gasteiger partial charge in [-0.2, -0.15) is 0 Å². The summed E-state index contributed by atoms with van der Waals surface area (Å²) in [6.45, 7) is 1.86. The second-order valence-electron chi connectivity index (χ2n) is 6.41. The van der Waals surface area contributed by atoms with Crippen LogP contribution in [0.25, 0.3) is 11.1 Å². The van der Waals surface area contributed by atoms with Gasteiger partial charge in [-0.15, -0.1) is 0 Å². The highest BCUT2D eigenvalue weighted by molar-refractivity contribution is 6.05. The monoisotopic (exact) mass is 288 g/mol. The minimum absolute atomic E-state index is 0.0720. The third-order valence-corrected chi connectivity index (χ3v) is 5.27. The van der Waals surface area contributed by atoms with E-state index in [2.05, 4.69) is 24.3 Å². The molecule has 2 bridgehead atoms. The highest BCUT2D eigenvalue weighted by atomic mass is 16.5. The van der Waals surface area contributed by atoms with Gasteiger partial charge in [0, 0.05) is 5.57 Å². The first-order valence-corrected chi connectivity index (χ1v) is 7.65. The molecule has 22 heavy (non-hydrogen) atoms. The molecule has 2 aromatic rings. The van der Waals surface area contributed by atoms with E-state index in [4.69, 9.17) is 4.74 Å². The van der Waals surface area contributed by atoms with Crippen LogP contribution in [-0.4, -0.2) is 16.8 Å². The van der Waals surface area contributed by atoms with Crippen LogP contribution in [0.3, 0.4) is 0 Å². The predicted molar refractivity (Wildman–Crippen MR) is 86.0 cm³/mol. The van der Waals surface area contributed by atoms with E-state index in [1.54, 1.807) is 0 Å². The minimum atomic E-state index is -1.04. The zero-order chi connectivity index (χ0) is 14.9. The van der Waals surface area contributed by atoms with Gasteiger partial charge >= 0.3 is 0 Å². The molecule has 0 saturated carbocycles. The topological polar surface area (TPSA) is 29.5 Å². The average molecular weight is 288 g/mol. The van der Waals surface area contributed by atoms with Crippen molar-refractivity contribution in [2.45, 2.75) is 24.2 Å². The Balaban J connectivity index is 1.88. The van der Waals surface area contributed by atoms with Crippen LogP contribution in [-0.2, 0) is 10.3 Å². The van der Waals surface area contributed by atoms with Crippen LogP contribution in [0.15, 0.2) is 66.7 Å². The van der Waals surface area contributed by atoms with E-state index >= 15 is 0 Å². The number of ether oxygens (including phenoxy) is 1. The molecule has 0 radical (unpaired) electrons. The lowest BCUT2D eigenvalue weighted by molar-refractivity contribution is -0.101. The zero-order valence-electron chi connectivity index (χ0n) is 12.3. The average Bonchev–Trinajstić information content (AvgIpc) is 3.18. The minimum Gasteiger partial charge on any atom is -0.382 e. The molecule has 1 spiro atoms. The molecule has 0 unspecified atom stereocenters. The third kappa shape index (κ3) is 1.20. The Morgan fingerprint density at radius 3 is 2.55 bits per heavy atom. The van der Waals surface area contributed by atoms with E-state index in [1.807, 2.05) is 49.4 Å². The summed E-state index contributed by atoms with van der Waals surface area (Å²) >= 11 is 0. The maximum absolute atomic E-state index is 11.2. The fourth-order valence-corrected chi connectivity index (χ4v) is 4.26. The van der Waals surface area contributed by atoms with Crippen LogP contribution < -0.4 is 0 Å². The van der Waals surface area contributed by atoms with E-state index in [0.717, 1.165) is 16.7 Å². The van der Waals surface area contributed by atoms with E-state index in [1.165, 1.54) is 11.1 Å². The standard InChI is InChI=1S/C20H16O2/c1-19(21)15-10-6-5-9-14(15)18-17(13-7-3-2-4-8-13)16-11-12-20(18,19)22-16/h2-12,16,21H,1H3/t16-,19-,20+/m0/s1. The molecule has 0 fully saturated rings. The quantitative estimate of drug-likeness (QED) is 0.814. The summed E-state index contributed by atoms with van der Waals surface area (Å²) in [4.78, 5) is 0. The Morgan fingerprint density at radius 1 is 1.00 bits per heavy atom. The van der Waals surface area contributed by atoms with Crippen LogP contribution in [0, 0.1) is 0 Å². The van der Waals surface area contributed by atoms with Crippen LogP contribution in [0.1, 0.15) is 23.6 Å². The lowest BCUT2D eigenvalue weighted by atomic mass is 9.79. The molecule has 2 aliphatic heterocycles. The van der Waals surface area contributed by atoms with E-state index in [0.29, 0.717) is 0 Å². The summed E-state index contributed by atoms with van der Waals surface area (Å²) in [5, 5.41) is 11.2. The summed E-state index contributed by atoms with van der Waals surface area (Å²) in [5.74, 6) is 0. The van der Waals surface area contributed by atoms with Crippen molar-refractivity contribution in [1.29, 1.82) is 0 Å². The molecule has 1 N–H and O–H groups in total. The Morgan fingerprint density at radius 2 is 1.73 bits per heavy atom. The van der Waals surface area contributed by atoms with Crippen LogP contribution in [0.4, 0.5) is 0 Å². The van der Waals surface area contributed by atoms with Crippen molar-refractivity contribution in [3.8, 4) is 0 Å². The van der Waals surface area contributed by atoms with Crippen molar-refractivity contribution >= 4 is 11.1 Å². The molecule has 3 aliphatic rings. The van der Waals surface area contributed by atoms with Gasteiger partial charge in [0.25, 0.3) is 0 Å². The first-order chi connectivity index (χ1) is 10.7. The lowest BCUT2D eigenvalue weighted by Crippen LogP contribution is -2.44. The van der Waals surface area contributed by atoms with Crippen molar-refractivity contribution in [2.75, 3.05) is 0 Å². The van der Waals surface area contributed by atoms with Gasteiger partial charge in [-0.25, -0.2) is 0 Å². The molecule has 3 atom stereocenters. The maximum atomic E-state index is 11.2. The molecular weight excluding hydrogens is 272 g/mol. The normalized spacial score (nSPS) is 34.2. The van der Waals surface area contributed by atoms with Gasteiger partial charge in [0.15, 0.2) is 0 Å². The van der Waals surface area contributed by atoms with Crippen molar-refractivity contribution in [2.24, 2.45) is 0 Å². The van der Waals surface area contributed by atoms with E-state index < -0.39 is 11.2 Å². The second-order valence-corrected chi connectivity index (χ2v) is 6.41. The molecule has 2 heterocycles.